The van der Waals surface area contributed by atoms with Gasteiger partial charge >= 0.3 is 0 Å². The molecule has 0 heterocycles. The fourth-order valence-electron chi connectivity index (χ4n) is 0.528. The number of hydrogen-bond acceptors (Lipinski definition) is 0. The van der Waals surface area contributed by atoms with Crippen LogP contribution >= 0.6 is 0 Å². The van der Waals surface area contributed by atoms with Crippen LogP contribution in [-0.4, -0.2) is 0 Å². The zero-order chi connectivity index (χ0) is 8.91. The van der Waals surface area contributed by atoms with E-state index < -0.39 is 0 Å². The van der Waals surface area contributed by atoms with E-state index in [1.54, 1.807) is 6.08 Å². The van der Waals surface area contributed by atoms with E-state index in [1.165, 1.54) is 5.57 Å². The zero-order valence-corrected chi connectivity index (χ0v) is 8.02. The zero-order valence-electron chi connectivity index (χ0n) is 8.02. The van der Waals surface area contributed by atoms with E-state index in [-0.39, 0.29) is 5.41 Å². The third-order valence-electron chi connectivity index (χ3n) is 1.78. The lowest BCUT2D eigenvalue weighted by Crippen LogP contribution is -2.05. The van der Waals surface area contributed by atoms with Gasteiger partial charge in [0.2, 0.25) is 0 Å². The van der Waals surface area contributed by atoms with Crippen LogP contribution < -0.4 is 0 Å². The molecular formula is C11H18. The molecule has 0 saturated heterocycles. The maximum Gasteiger partial charge on any atom is -0.0173 e. The predicted molar refractivity (Wildman–Crippen MR) is 52.5 cm³/mol. The van der Waals surface area contributed by atoms with Crippen LogP contribution in [0.2, 0.25) is 0 Å². The molecule has 0 saturated carbocycles. The van der Waals surface area contributed by atoms with E-state index in [9.17, 15) is 0 Å². The Morgan fingerprint density at radius 3 is 2.09 bits per heavy atom. The highest BCUT2D eigenvalue weighted by Gasteiger charge is 2.10. The molecule has 0 spiro atoms. The van der Waals surface area contributed by atoms with E-state index in [0.717, 1.165) is 0 Å². The molecule has 0 unspecified atom stereocenters. The Morgan fingerprint density at radius 2 is 1.73 bits per heavy atom. The van der Waals surface area contributed by atoms with Crippen molar-refractivity contribution in [1.82, 2.24) is 0 Å². The lowest BCUT2D eigenvalue weighted by Gasteiger charge is -2.18. The summed E-state index contributed by atoms with van der Waals surface area (Å²) in [6.45, 7) is 12.4. The molecule has 11 heavy (non-hydrogen) atoms. The van der Waals surface area contributed by atoms with Crippen molar-refractivity contribution < 1.29 is 0 Å². The van der Waals surface area contributed by atoms with E-state index in [1.807, 2.05) is 12.2 Å². The molecule has 0 aliphatic rings. The SMILES string of the molecule is C=CC=CC=C(C)C(C)(C)C. The third kappa shape index (κ3) is 4.60. The Labute approximate surface area is 70.3 Å². The van der Waals surface area contributed by atoms with Crippen LogP contribution in [0.1, 0.15) is 27.7 Å². The minimum atomic E-state index is 0.283. The van der Waals surface area contributed by atoms with Gasteiger partial charge in [-0.25, -0.2) is 0 Å². The summed E-state index contributed by atoms with van der Waals surface area (Å²) in [5.74, 6) is 0. The first-order chi connectivity index (χ1) is 4.98. The maximum atomic E-state index is 3.60. The normalized spacial score (nSPS) is 14.0. The molecule has 0 aromatic heterocycles. The minimum Gasteiger partial charge on any atom is -0.0991 e. The van der Waals surface area contributed by atoms with Crippen LogP contribution in [0, 0.1) is 5.41 Å². The topological polar surface area (TPSA) is 0 Å². The molecular weight excluding hydrogens is 132 g/mol. The number of allylic oxidation sites excluding steroid dienone is 5. The molecule has 0 aromatic rings. The first kappa shape index (κ1) is 10.2. The van der Waals surface area contributed by atoms with Gasteiger partial charge in [-0.05, 0) is 12.3 Å². The first-order valence-corrected chi connectivity index (χ1v) is 3.95. The van der Waals surface area contributed by atoms with Gasteiger partial charge in [-0.3, -0.25) is 0 Å². The van der Waals surface area contributed by atoms with Crippen LogP contribution in [0.15, 0.2) is 36.5 Å². The summed E-state index contributed by atoms with van der Waals surface area (Å²) in [5, 5.41) is 0. The van der Waals surface area contributed by atoms with Crippen LogP contribution in [0.25, 0.3) is 0 Å². The molecule has 0 fully saturated rings. The van der Waals surface area contributed by atoms with E-state index >= 15 is 0 Å². The van der Waals surface area contributed by atoms with Crippen LogP contribution in [0.4, 0.5) is 0 Å². The Kier molecular flexibility index (Phi) is 3.88. The number of rotatable bonds is 2. The van der Waals surface area contributed by atoms with Crippen molar-refractivity contribution >= 4 is 0 Å². The second kappa shape index (κ2) is 4.17. The van der Waals surface area contributed by atoms with Crippen molar-refractivity contribution in [2.24, 2.45) is 5.41 Å². The first-order valence-electron chi connectivity index (χ1n) is 3.95. The second-order valence-corrected chi connectivity index (χ2v) is 3.72. The summed E-state index contributed by atoms with van der Waals surface area (Å²) in [6.07, 6.45) is 7.87. The van der Waals surface area contributed by atoms with E-state index in [2.05, 4.69) is 40.3 Å². The van der Waals surface area contributed by atoms with Gasteiger partial charge in [0.25, 0.3) is 0 Å². The highest BCUT2D eigenvalue weighted by atomic mass is 14.2. The average molecular weight is 150 g/mol. The van der Waals surface area contributed by atoms with Gasteiger partial charge in [-0.2, -0.15) is 0 Å². The summed E-state index contributed by atoms with van der Waals surface area (Å²) >= 11 is 0. The van der Waals surface area contributed by atoms with Crippen molar-refractivity contribution in [3.8, 4) is 0 Å². The molecule has 0 rings (SSSR count). The molecule has 0 aliphatic heterocycles. The molecule has 0 bridgehead atoms. The van der Waals surface area contributed by atoms with E-state index in [0.29, 0.717) is 0 Å². The van der Waals surface area contributed by atoms with Crippen LogP contribution in [0.5, 0.6) is 0 Å². The predicted octanol–water partition coefficient (Wildman–Crippen LogP) is 3.72. The molecule has 62 valence electrons. The summed E-state index contributed by atoms with van der Waals surface area (Å²) in [5.41, 5.74) is 1.67. The minimum absolute atomic E-state index is 0.283. The van der Waals surface area contributed by atoms with Crippen LogP contribution in [-0.2, 0) is 0 Å². The van der Waals surface area contributed by atoms with Gasteiger partial charge < -0.3 is 0 Å². The molecule has 0 radical (unpaired) electrons. The molecule has 0 nitrogen and oxygen atoms in total. The standard InChI is InChI=1S/C11H18/c1-6-7-8-9-10(2)11(3,4)5/h6-9H,1H2,2-5H3. The van der Waals surface area contributed by atoms with E-state index in [4.69, 9.17) is 0 Å². The van der Waals surface area contributed by atoms with Gasteiger partial charge in [0, 0.05) is 0 Å². The molecule has 0 N–H and O–H groups in total. The monoisotopic (exact) mass is 150 g/mol. The molecule has 0 aliphatic carbocycles. The second-order valence-electron chi connectivity index (χ2n) is 3.72. The summed E-state index contributed by atoms with van der Waals surface area (Å²) in [4.78, 5) is 0. The number of hydrogen-bond donors (Lipinski definition) is 0. The van der Waals surface area contributed by atoms with Crippen molar-refractivity contribution in [1.29, 1.82) is 0 Å². The fourth-order valence-corrected chi connectivity index (χ4v) is 0.528. The van der Waals surface area contributed by atoms with Crippen molar-refractivity contribution in [3.63, 3.8) is 0 Å². The Hall–Kier alpha value is -0.780. The van der Waals surface area contributed by atoms with Crippen molar-refractivity contribution in [3.05, 3.63) is 36.5 Å². The van der Waals surface area contributed by atoms with Gasteiger partial charge in [0.1, 0.15) is 0 Å². The summed E-state index contributed by atoms with van der Waals surface area (Å²) in [7, 11) is 0. The molecule has 0 atom stereocenters. The lowest BCUT2D eigenvalue weighted by atomic mass is 9.87. The highest BCUT2D eigenvalue weighted by Crippen LogP contribution is 2.23. The fraction of sp³-hybridized carbons (Fsp3) is 0.455. The maximum absolute atomic E-state index is 3.60. The largest absolute Gasteiger partial charge is 0.0991 e. The van der Waals surface area contributed by atoms with Gasteiger partial charge in [-0.1, -0.05) is 57.2 Å². The van der Waals surface area contributed by atoms with Gasteiger partial charge in [0.15, 0.2) is 0 Å². The van der Waals surface area contributed by atoms with Gasteiger partial charge in [-0.15, -0.1) is 0 Å². The lowest BCUT2D eigenvalue weighted by molar-refractivity contribution is 0.504. The van der Waals surface area contributed by atoms with Crippen molar-refractivity contribution in [2.75, 3.05) is 0 Å². The Bertz CT molecular complexity index is 175. The summed E-state index contributed by atoms with van der Waals surface area (Å²) < 4.78 is 0. The summed E-state index contributed by atoms with van der Waals surface area (Å²) in [6, 6.07) is 0. The Balaban J connectivity index is 4.23. The molecule has 0 heteroatoms. The Morgan fingerprint density at radius 1 is 1.18 bits per heavy atom. The quantitative estimate of drug-likeness (QED) is 0.526. The molecule has 0 amide bonds. The smallest absolute Gasteiger partial charge is 0.0173 e. The highest BCUT2D eigenvalue weighted by molar-refractivity contribution is 5.17. The van der Waals surface area contributed by atoms with Crippen molar-refractivity contribution in [2.45, 2.75) is 27.7 Å². The average Bonchev–Trinajstić information content (AvgIpc) is 1.86. The molecule has 0 aromatic carbocycles. The van der Waals surface area contributed by atoms with Gasteiger partial charge in [0.05, 0.1) is 0 Å². The third-order valence-corrected chi connectivity index (χ3v) is 1.78. The van der Waals surface area contributed by atoms with Crippen LogP contribution in [0.3, 0.4) is 0 Å².